The van der Waals surface area contributed by atoms with Crippen LogP contribution in [0.5, 0.6) is 5.75 Å². The van der Waals surface area contributed by atoms with Gasteiger partial charge in [-0.05, 0) is 118 Å². The minimum Gasteiger partial charge on any atom is -0.457 e. The molecule has 0 spiro atoms. The fourth-order valence-corrected chi connectivity index (χ4v) is 9.13. The fraction of sp³-hybridized carbons (Fsp3) is 0.0508. The summed E-state index contributed by atoms with van der Waals surface area (Å²) in [6.45, 7) is 2.29. The number of ether oxygens (including phenoxy) is 1. The number of para-hydroxylation sites is 1. The molecule has 296 valence electrons. The summed E-state index contributed by atoms with van der Waals surface area (Å²) in [7, 11) is 0. The van der Waals surface area contributed by atoms with Gasteiger partial charge in [0.1, 0.15) is 22.7 Å². The van der Waals surface area contributed by atoms with Crippen LogP contribution >= 0.6 is 0 Å². The molecule has 0 N–H and O–H groups in total. The zero-order valence-corrected chi connectivity index (χ0v) is 34.4. The molecule has 62 heavy (non-hydrogen) atoms. The molecule has 0 fully saturated rings. The molecule has 1 aliphatic rings. The van der Waals surface area contributed by atoms with Crippen molar-refractivity contribution in [2.75, 3.05) is 4.90 Å². The number of hydrogen-bond acceptors (Lipinski definition) is 3. The van der Waals surface area contributed by atoms with E-state index in [0.717, 1.165) is 84.7 Å². The van der Waals surface area contributed by atoms with Gasteiger partial charge in [-0.15, -0.1) is 0 Å². The van der Waals surface area contributed by atoms with E-state index in [1.54, 1.807) is 0 Å². The van der Waals surface area contributed by atoms with Crippen LogP contribution in [0.25, 0.3) is 72.2 Å². The molecule has 1 atom stereocenters. The summed E-state index contributed by atoms with van der Waals surface area (Å²) >= 11 is 0. The molecule has 1 aliphatic heterocycles. The van der Waals surface area contributed by atoms with Gasteiger partial charge in [0.2, 0.25) is 0 Å². The summed E-state index contributed by atoms with van der Waals surface area (Å²) in [5.41, 5.74) is 16.6. The van der Waals surface area contributed by atoms with Crippen molar-refractivity contribution in [2.45, 2.75) is 19.3 Å². The Morgan fingerprint density at radius 3 is 1.63 bits per heavy atom. The minimum absolute atomic E-state index is 0.236. The van der Waals surface area contributed by atoms with Crippen molar-refractivity contribution in [1.82, 2.24) is 0 Å². The van der Waals surface area contributed by atoms with Crippen LogP contribution in [0.1, 0.15) is 30.4 Å². The first-order chi connectivity index (χ1) is 30.7. The van der Waals surface area contributed by atoms with Gasteiger partial charge in [0.25, 0.3) is 0 Å². The van der Waals surface area contributed by atoms with E-state index in [9.17, 15) is 0 Å². The highest BCUT2D eigenvalue weighted by Crippen LogP contribution is 2.47. The number of allylic oxidation sites excluding steroid dienone is 1. The van der Waals surface area contributed by atoms with Crippen molar-refractivity contribution in [2.24, 2.45) is 0 Å². The van der Waals surface area contributed by atoms with Gasteiger partial charge in [0.15, 0.2) is 0 Å². The summed E-state index contributed by atoms with van der Waals surface area (Å²) in [6.07, 6.45) is 3.09. The zero-order valence-electron chi connectivity index (χ0n) is 34.4. The second-order valence-corrected chi connectivity index (χ2v) is 16.1. The SMILES string of the molecule is CC1CC=C(c2ccccc2)Oc2ccc3oc4ccc(-c5ccc(N(c6ccccc6)c6ccc(-c7ccccc7-c7ccccc7)cc6)c(-c6ccccc6)c5)cc4c3c21. The van der Waals surface area contributed by atoms with Gasteiger partial charge in [0.05, 0.1) is 5.69 Å². The Kier molecular flexibility index (Phi) is 9.55. The largest absolute Gasteiger partial charge is 0.457 e. The first-order valence-electron chi connectivity index (χ1n) is 21.4. The highest BCUT2D eigenvalue weighted by Gasteiger charge is 2.25. The van der Waals surface area contributed by atoms with Crippen LogP contribution in [-0.4, -0.2) is 0 Å². The molecule has 9 aromatic carbocycles. The van der Waals surface area contributed by atoms with E-state index in [4.69, 9.17) is 9.15 Å². The van der Waals surface area contributed by atoms with Crippen molar-refractivity contribution in [3.8, 4) is 50.3 Å². The van der Waals surface area contributed by atoms with E-state index in [2.05, 4.69) is 230 Å². The topological polar surface area (TPSA) is 25.6 Å². The normalized spacial score (nSPS) is 13.6. The molecule has 0 aliphatic carbocycles. The van der Waals surface area contributed by atoms with Crippen LogP contribution in [-0.2, 0) is 0 Å². The standard InChI is InChI=1S/C59H43NO2/c1-40-26-34-54(44-20-10-4-11-21-44)61-56-36-37-57-59(58(40)56)52-39-46(30-35-55(52)62-57)45-29-33-53(51(38-45)42-18-8-3-9-19-42)60(47-22-12-5-13-23-47)48-31-27-43(28-32-48)50-25-15-14-24-49(50)41-16-6-2-7-17-41/h2-25,27-40H,26H2,1H3. The number of benzene rings is 9. The summed E-state index contributed by atoms with van der Waals surface area (Å²) in [5, 5.41) is 2.22. The molecule has 10 aromatic rings. The number of furan rings is 1. The maximum absolute atomic E-state index is 6.70. The Morgan fingerprint density at radius 2 is 0.952 bits per heavy atom. The molecule has 11 rings (SSSR count). The maximum atomic E-state index is 6.70. The average molecular weight is 798 g/mol. The highest BCUT2D eigenvalue weighted by molar-refractivity contribution is 6.09. The lowest BCUT2D eigenvalue weighted by molar-refractivity contribution is 0.511. The van der Waals surface area contributed by atoms with Crippen LogP contribution in [0.3, 0.4) is 0 Å². The zero-order chi connectivity index (χ0) is 41.4. The molecular formula is C59H43NO2. The number of anilines is 3. The molecule has 1 aromatic heterocycles. The minimum atomic E-state index is 0.236. The van der Waals surface area contributed by atoms with E-state index in [0.29, 0.717) is 0 Å². The lowest BCUT2D eigenvalue weighted by Crippen LogP contribution is -2.11. The Morgan fingerprint density at radius 1 is 0.435 bits per heavy atom. The predicted octanol–water partition coefficient (Wildman–Crippen LogP) is 16.7. The Labute approximate surface area is 362 Å². The third-order valence-electron chi connectivity index (χ3n) is 12.2. The Hall–Kier alpha value is -7.88. The van der Waals surface area contributed by atoms with Gasteiger partial charge in [-0.2, -0.15) is 0 Å². The number of rotatable bonds is 8. The molecule has 0 saturated heterocycles. The first kappa shape index (κ1) is 37.1. The fourth-order valence-electron chi connectivity index (χ4n) is 9.13. The van der Waals surface area contributed by atoms with Crippen LogP contribution in [0, 0.1) is 0 Å². The van der Waals surface area contributed by atoms with E-state index < -0.39 is 0 Å². The molecule has 0 bridgehead atoms. The van der Waals surface area contributed by atoms with E-state index in [-0.39, 0.29) is 5.92 Å². The van der Waals surface area contributed by atoms with Gasteiger partial charge in [0, 0.05) is 38.8 Å². The van der Waals surface area contributed by atoms with Crippen molar-refractivity contribution in [3.63, 3.8) is 0 Å². The van der Waals surface area contributed by atoms with Gasteiger partial charge in [-0.25, -0.2) is 0 Å². The number of hydrogen-bond donors (Lipinski definition) is 0. The smallest absolute Gasteiger partial charge is 0.135 e. The predicted molar refractivity (Wildman–Crippen MR) is 258 cm³/mol. The monoisotopic (exact) mass is 797 g/mol. The van der Waals surface area contributed by atoms with Gasteiger partial charge >= 0.3 is 0 Å². The van der Waals surface area contributed by atoms with Gasteiger partial charge in [-0.1, -0.05) is 165 Å². The third kappa shape index (κ3) is 6.84. The lowest BCUT2D eigenvalue weighted by Gasteiger charge is -2.28. The molecule has 0 amide bonds. The Balaban J connectivity index is 1.02. The molecule has 0 radical (unpaired) electrons. The van der Waals surface area contributed by atoms with Crippen molar-refractivity contribution in [1.29, 1.82) is 0 Å². The van der Waals surface area contributed by atoms with Crippen LogP contribution in [0.4, 0.5) is 17.1 Å². The summed E-state index contributed by atoms with van der Waals surface area (Å²) in [6, 6.07) is 77.7. The quantitative estimate of drug-likeness (QED) is 0.153. The summed E-state index contributed by atoms with van der Waals surface area (Å²) < 4.78 is 13.2. The second kappa shape index (κ2) is 15.9. The summed E-state index contributed by atoms with van der Waals surface area (Å²) in [4.78, 5) is 2.38. The average Bonchev–Trinajstić information content (AvgIpc) is 3.63. The van der Waals surface area contributed by atoms with Crippen molar-refractivity contribution >= 4 is 44.8 Å². The second-order valence-electron chi connectivity index (χ2n) is 16.1. The van der Waals surface area contributed by atoms with E-state index in [1.807, 2.05) is 6.07 Å². The van der Waals surface area contributed by atoms with Crippen LogP contribution < -0.4 is 9.64 Å². The molecule has 3 heteroatoms. The first-order valence-corrected chi connectivity index (χ1v) is 21.4. The summed E-state index contributed by atoms with van der Waals surface area (Å²) in [5.74, 6) is 2.02. The van der Waals surface area contributed by atoms with Crippen LogP contribution in [0.2, 0.25) is 0 Å². The van der Waals surface area contributed by atoms with Gasteiger partial charge in [-0.3, -0.25) is 0 Å². The van der Waals surface area contributed by atoms with E-state index in [1.165, 1.54) is 27.8 Å². The van der Waals surface area contributed by atoms with Crippen LogP contribution in [0.15, 0.2) is 229 Å². The maximum Gasteiger partial charge on any atom is 0.135 e. The molecule has 3 nitrogen and oxygen atoms in total. The molecule has 0 saturated carbocycles. The lowest BCUT2D eigenvalue weighted by atomic mass is 9.91. The Bertz CT molecular complexity index is 3220. The van der Waals surface area contributed by atoms with Crippen molar-refractivity contribution < 1.29 is 9.15 Å². The number of fused-ring (bicyclic) bond motifs is 5. The molecule has 1 unspecified atom stereocenters. The highest BCUT2D eigenvalue weighted by atomic mass is 16.5. The molecular weight excluding hydrogens is 755 g/mol. The van der Waals surface area contributed by atoms with Gasteiger partial charge < -0.3 is 14.1 Å². The third-order valence-corrected chi connectivity index (χ3v) is 12.2. The van der Waals surface area contributed by atoms with Crippen molar-refractivity contribution in [3.05, 3.63) is 236 Å². The molecule has 2 heterocycles. The van der Waals surface area contributed by atoms with E-state index >= 15 is 0 Å². The number of nitrogens with zero attached hydrogens (tertiary/aromatic N) is 1.